The van der Waals surface area contributed by atoms with Crippen LogP contribution in [0.5, 0.6) is 0 Å². The first kappa shape index (κ1) is 16.2. The average molecular weight is 148 g/mol. The molecule has 0 fully saturated rings. The second kappa shape index (κ2) is 8.35. The predicted molar refractivity (Wildman–Crippen MR) is 32.9 cm³/mol. The Bertz CT molecular complexity index is 97.2. The number of hydrogen-bond donors (Lipinski definition) is 2. The molecule has 0 radical (unpaired) electrons. The van der Waals surface area contributed by atoms with Gasteiger partial charge in [-0.1, -0.05) is 0 Å². The molecule has 0 aromatic carbocycles. The van der Waals surface area contributed by atoms with Crippen molar-refractivity contribution in [2.75, 3.05) is 0 Å². The van der Waals surface area contributed by atoms with Crippen LogP contribution in [0.3, 0.4) is 0 Å². The quantitative estimate of drug-likeness (QED) is 0.342. The van der Waals surface area contributed by atoms with Gasteiger partial charge in [0.25, 0.3) is 0 Å². The van der Waals surface area contributed by atoms with Gasteiger partial charge >= 0.3 is 55.8 Å². The van der Waals surface area contributed by atoms with Crippen molar-refractivity contribution in [1.82, 2.24) is 0 Å². The molecule has 0 unspecified atom stereocenters. The Labute approximate surface area is 73.0 Å². The first-order valence-electron chi connectivity index (χ1n) is 1.08. The molecule has 0 aromatic heterocycles. The molecule has 8 heteroatoms. The average Bonchev–Trinajstić information content (AvgIpc) is 1.36. The van der Waals surface area contributed by atoms with Crippen LogP contribution in [-0.2, 0) is 10.4 Å². The zero-order valence-corrected chi connectivity index (χ0v) is 5.07. The third-order valence-corrected chi connectivity index (χ3v) is 0. The molecule has 0 aromatic rings. The molecule has 0 aliphatic carbocycles. The summed E-state index contributed by atoms with van der Waals surface area (Å²) in [6.45, 7) is 0. The van der Waals surface area contributed by atoms with E-state index in [1.807, 2.05) is 0 Å². The Morgan fingerprint density at radius 2 is 1.25 bits per heavy atom. The van der Waals surface area contributed by atoms with Gasteiger partial charge in [0.15, 0.2) is 0 Å². The van der Waals surface area contributed by atoms with Gasteiger partial charge in [-0.15, -0.1) is 0 Å². The van der Waals surface area contributed by atoms with Crippen molar-refractivity contribution < 1.29 is 17.5 Å². The fraction of sp³-hybridized carbons (Fsp3) is 0. The molecular formula is H3ClLi2O4S. The van der Waals surface area contributed by atoms with E-state index in [0.29, 0.717) is 0 Å². The summed E-state index contributed by atoms with van der Waals surface area (Å²) in [6, 6.07) is 0. The fourth-order valence-corrected chi connectivity index (χ4v) is 0. The topological polar surface area (TPSA) is 74.6 Å². The van der Waals surface area contributed by atoms with Gasteiger partial charge in [-0.3, -0.25) is 9.11 Å². The molecule has 0 saturated heterocycles. The van der Waals surface area contributed by atoms with Crippen molar-refractivity contribution in [1.29, 1.82) is 0 Å². The zero-order chi connectivity index (χ0) is 6.50. The van der Waals surface area contributed by atoms with Crippen LogP contribution in [-0.4, -0.2) is 53.1 Å². The molecule has 0 bridgehead atoms. The second-order valence-electron chi connectivity index (χ2n) is 0.448. The second-order valence-corrected chi connectivity index (χ2v) is 1.34. The Kier molecular flexibility index (Phi) is 16.9. The minimum absolute atomic E-state index is 0. The fourth-order valence-electron chi connectivity index (χ4n) is 0. The summed E-state index contributed by atoms with van der Waals surface area (Å²) in [7, 11) is -0.0278. The van der Waals surface area contributed by atoms with Crippen LogP contribution in [0.2, 0.25) is 0 Å². The van der Waals surface area contributed by atoms with Crippen molar-refractivity contribution in [3.63, 3.8) is 0 Å². The van der Waals surface area contributed by atoms with E-state index < -0.39 is 10.4 Å². The molecular weight excluding hydrogens is 145 g/mol. The zero-order valence-electron chi connectivity index (χ0n) is 3.50. The van der Waals surface area contributed by atoms with Crippen LogP contribution in [0.1, 0.15) is 0 Å². The van der Waals surface area contributed by atoms with Crippen LogP contribution >= 0.6 is 9.80 Å². The molecule has 8 heavy (non-hydrogen) atoms. The normalized spacial score (nSPS) is 8.12. The first-order valence-corrected chi connectivity index (χ1v) is 3.23. The van der Waals surface area contributed by atoms with Gasteiger partial charge in [0.2, 0.25) is 0 Å². The summed E-state index contributed by atoms with van der Waals surface area (Å²) in [5, 5.41) is 0. The molecule has 0 aliphatic rings. The summed E-state index contributed by atoms with van der Waals surface area (Å²) in [6.07, 6.45) is 0. The Balaban J connectivity index is -0.0000000750. The van der Waals surface area contributed by atoms with E-state index in [9.17, 15) is 0 Å². The van der Waals surface area contributed by atoms with Gasteiger partial charge in [0.05, 0.1) is 0 Å². The Morgan fingerprint density at radius 3 is 1.25 bits per heavy atom. The van der Waals surface area contributed by atoms with Gasteiger partial charge in [0.1, 0.15) is 0 Å². The van der Waals surface area contributed by atoms with Crippen LogP contribution in [0.15, 0.2) is 0 Å². The summed E-state index contributed by atoms with van der Waals surface area (Å²) in [5.74, 6) is 0. The standard InChI is InChI=1S/ClH.2Li.H2O4S.H/c;;;1-5(2,3)4;/h1H;;;(H2,1,2,3,4);/q;;+1;;/p-1. The molecule has 0 rings (SSSR count). The van der Waals surface area contributed by atoms with Gasteiger partial charge in [0, 0.05) is 0 Å². The molecule has 2 N–H and O–H groups in total. The molecule has 4 nitrogen and oxygen atoms in total. The molecule has 0 atom stereocenters. The summed E-state index contributed by atoms with van der Waals surface area (Å²) >= 11 is 1.47. The monoisotopic (exact) mass is 148 g/mol. The van der Waals surface area contributed by atoms with Crippen LogP contribution in [0, 0.1) is 0 Å². The molecule has 0 amide bonds. The van der Waals surface area contributed by atoms with Crippen molar-refractivity contribution >= 4 is 55.8 Å². The van der Waals surface area contributed by atoms with E-state index in [2.05, 4.69) is 9.80 Å². The summed E-state index contributed by atoms with van der Waals surface area (Å²) in [5.41, 5.74) is 0. The van der Waals surface area contributed by atoms with E-state index in [-0.39, 0.29) is 18.9 Å². The SMILES string of the molecule is O=S(=O)(O)O.[LiH].[Li][Cl]. The van der Waals surface area contributed by atoms with Crippen LogP contribution < -0.4 is 0 Å². The van der Waals surface area contributed by atoms with Crippen molar-refractivity contribution in [2.24, 2.45) is 0 Å². The van der Waals surface area contributed by atoms with Crippen molar-refractivity contribution in [3.05, 3.63) is 0 Å². The van der Waals surface area contributed by atoms with Crippen LogP contribution in [0.25, 0.3) is 0 Å². The van der Waals surface area contributed by atoms with Gasteiger partial charge < -0.3 is 0 Å². The number of hydrogen-bond acceptors (Lipinski definition) is 2. The molecule has 0 aliphatic heterocycles. The molecule has 0 saturated carbocycles. The van der Waals surface area contributed by atoms with Crippen molar-refractivity contribution in [2.45, 2.75) is 0 Å². The Morgan fingerprint density at radius 1 is 1.25 bits per heavy atom. The molecule has 42 valence electrons. The van der Waals surface area contributed by atoms with E-state index in [0.717, 1.165) is 0 Å². The van der Waals surface area contributed by atoms with E-state index in [1.165, 1.54) is 16.7 Å². The van der Waals surface area contributed by atoms with Gasteiger partial charge in [-0.2, -0.15) is 8.42 Å². The van der Waals surface area contributed by atoms with Crippen LogP contribution in [0.4, 0.5) is 0 Å². The Hall–Kier alpha value is 1.35. The van der Waals surface area contributed by atoms with Crippen molar-refractivity contribution in [3.8, 4) is 0 Å². The van der Waals surface area contributed by atoms with Gasteiger partial charge in [-0.25, -0.2) is 0 Å². The molecule has 0 spiro atoms. The summed E-state index contributed by atoms with van der Waals surface area (Å²) in [4.78, 5) is 0. The van der Waals surface area contributed by atoms with E-state index in [1.54, 1.807) is 0 Å². The third-order valence-electron chi connectivity index (χ3n) is 0. The van der Waals surface area contributed by atoms with Gasteiger partial charge in [-0.05, 0) is 0 Å². The van der Waals surface area contributed by atoms with E-state index >= 15 is 0 Å². The summed E-state index contributed by atoms with van der Waals surface area (Å²) < 4.78 is 31.6. The maximum atomic E-state index is 8.74. The first-order chi connectivity index (χ1) is 3.00. The molecule has 0 heterocycles. The minimum atomic E-state index is -4.67. The van der Waals surface area contributed by atoms with E-state index in [4.69, 9.17) is 17.5 Å². The third kappa shape index (κ3) is 162. The number of rotatable bonds is 0. The predicted octanol–water partition coefficient (Wildman–Crippen LogP) is -0.993. The maximum absolute atomic E-state index is 8.74. The number of halogens is 1.